The van der Waals surface area contributed by atoms with Crippen molar-refractivity contribution in [3.63, 3.8) is 0 Å². The molecule has 0 spiro atoms. The average Bonchev–Trinajstić information content (AvgIpc) is 2.96. The summed E-state index contributed by atoms with van der Waals surface area (Å²) >= 11 is 0. The fourth-order valence-electron chi connectivity index (χ4n) is 3.02. The number of morpholine rings is 1. The van der Waals surface area contributed by atoms with Crippen LogP contribution in [0.1, 0.15) is 23.4 Å². The monoisotopic (exact) mass is 441 g/mol. The number of hydrogen-bond acceptors (Lipinski definition) is 5. The Labute approximate surface area is 174 Å². The van der Waals surface area contributed by atoms with Crippen molar-refractivity contribution >= 4 is 24.8 Å². The van der Waals surface area contributed by atoms with Gasteiger partial charge in [0.1, 0.15) is 5.76 Å². The number of hydrogen-bond donors (Lipinski definition) is 1. The molecule has 1 aromatic carbocycles. The van der Waals surface area contributed by atoms with Crippen LogP contribution < -0.4 is 5.73 Å². The number of rotatable bonds is 5. The van der Waals surface area contributed by atoms with Crippen molar-refractivity contribution in [1.82, 2.24) is 9.88 Å². The van der Waals surface area contributed by atoms with Gasteiger partial charge in [0.2, 0.25) is 5.89 Å². The van der Waals surface area contributed by atoms with Crippen molar-refractivity contribution in [2.24, 2.45) is 5.73 Å². The molecule has 1 atom stereocenters. The van der Waals surface area contributed by atoms with Crippen LogP contribution in [0.25, 0.3) is 11.5 Å². The Morgan fingerprint density at radius 3 is 2.71 bits per heavy atom. The van der Waals surface area contributed by atoms with Crippen LogP contribution in [-0.2, 0) is 17.5 Å². The summed E-state index contributed by atoms with van der Waals surface area (Å²) in [5, 5.41) is 0. The van der Waals surface area contributed by atoms with E-state index in [0.29, 0.717) is 31.0 Å². The summed E-state index contributed by atoms with van der Waals surface area (Å²) in [7, 11) is 0. The SMILES string of the molecule is Cc1oc(-c2cccc(C(F)(F)F)c2)nc1CN1CCOC(CCN)C1.Cl.Cl. The number of oxazole rings is 1. The van der Waals surface area contributed by atoms with Crippen molar-refractivity contribution in [2.45, 2.75) is 32.2 Å². The molecule has 0 saturated carbocycles. The normalized spacial score (nSPS) is 17.7. The average molecular weight is 442 g/mol. The summed E-state index contributed by atoms with van der Waals surface area (Å²) in [5.74, 6) is 0.814. The predicted molar refractivity (Wildman–Crippen MR) is 105 cm³/mol. The highest BCUT2D eigenvalue weighted by Gasteiger charge is 2.31. The molecule has 3 rings (SSSR count). The van der Waals surface area contributed by atoms with Crippen LogP contribution in [0.2, 0.25) is 0 Å². The standard InChI is InChI=1S/C18H22F3N3O2.2ClH/c1-12-16(11-24-7-8-25-15(10-24)5-6-22)23-17(26-12)13-3-2-4-14(9-13)18(19,20)21;;/h2-4,9,15H,5-8,10-11,22H2,1H3;2*1H. The lowest BCUT2D eigenvalue weighted by Gasteiger charge is -2.32. The van der Waals surface area contributed by atoms with E-state index >= 15 is 0 Å². The lowest BCUT2D eigenvalue weighted by atomic mass is 10.1. The summed E-state index contributed by atoms with van der Waals surface area (Å²) in [6.45, 7) is 5.06. The molecule has 2 heterocycles. The molecule has 1 fully saturated rings. The molecule has 0 amide bonds. The quantitative estimate of drug-likeness (QED) is 0.757. The number of halogens is 5. The van der Waals surface area contributed by atoms with Crippen molar-refractivity contribution in [3.05, 3.63) is 41.3 Å². The highest BCUT2D eigenvalue weighted by atomic mass is 35.5. The highest BCUT2D eigenvalue weighted by Crippen LogP contribution is 2.32. The maximum Gasteiger partial charge on any atom is 0.416 e. The Kier molecular flexibility index (Phi) is 9.23. The third-order valence-electron chi connectivity index (χ3n) is 4.41. The Morgan fingerprint density at radius 2 is 2.04 bits per heavy atom. The van der Waals surface area contributed by atoms with E-state index in [-0.39, 0.29) is 36.8 Å². The number of benzene rings is 1. The first kappa shape index (κ1) is 24.7. The van der Waals surface area contributed by atoms with Crippen LogP contribution in [0.15, 0.2) is 28.7 Å². The molecule has 1 aliphatic rings. The van der Waals surface area contributed by atoms with Crippen LogP contribution in [0.3, 0.4) is 0 Å². The van der Waals surface area contributed by atoms with Crippen molar-refractivity contribution in [3.8, 4) is 11.5 Å². The van der Waals surface area contributed by atoms with Crippen LogP contribution >= 0.6 is 24.8 Å². The minimum atomic E-state index is -4.40. The van der Waals surface area contributed by atoms with E-state index in [4.69, 9.17) is 14.9 Å². The smallest absolute Gasteiger partial charge is 0.416 e. The minimum absolute atomic E-state index is 0. The van der Waals surface area contributed by atoms with Gasteiger partial charge in [0.25, 0.3) is 0 Å². The molecule has 1 aromatic heterocycles. The third-order valence-corrected chi connectivity index (χ3v) is 4.41. The number of alkyl halides is 3. The Balaban J connectivity index is 0.00000196. The lowest BCUT2D eigenvalue weighted by molar-refractivity contribution is -0.137. The van der Waals surface area contributed by atoms with Gasteiger partial charge >= 0.3 is 6.18 Å². The number of nitrogens with two attached hydrogens (primary N) is 1. The first-order chi connectivity index (χ1) is 12.4. The number of ether oxygens (including phenoxy) is 1. The lowest BCUT2D eigenvalue weighted by Crippen LogP contribution is -2.42. The molecule has 0 bridgehead atoms. The van der Waals surface area contributed by atoms with E-state index in [2.05, 4.69) is 9.88 Å². The predicted octanol–water partition coefficient (Wildman–Crippen LogP) is 4.06. The van der Waals surface area contributed by atoms with Gasteiger partial charge in [0.15, 0.2) is 0 Å². The molecule has 0 radical (unpaired) electrons. The number of nitrogens with zero attached hydrogens (tertiary/aromatic N) is 2. The van der Waals surface area contributed by atoms with Crippen molar-refractivity contribution in [1.29, 1.82) is 0 Å². The van der Waals surface area contributed by atoms with Crippen LogP contribution in [0.5, 0.6) is 0 Å². The van der Waals surface area contributed by atoms with E-state index in [1.807, 2.05) is 0 Å². The van der Waals surface area contributed by atoms with E-state index in [0.717, 1.165) is 37.3 Å². The summed E-state index contributed by atoms with van der Waals surface area (Å²) in [4.78, 5) is 6.63. The molecule has 1 unspecified atom stereocenters. The highest BCUT2D eigenvalue weighted by molar-refractivity contribution is 5.85. The summed E-state index contributed by atoms with van der Waals surface area (Å²) < 4.78 is 50.0. The van der Waals surface area contributed by atoms with E-state index in [1.165, 1.54) is 6.07 Å². The maximum absolute atomic E-state index is 12.9. The Bertz CT molecular complexity index is 754. The molecule has 2 aromatic rings. The first-order valence-electron chi connectivity index (χ1n) is 8.55. The fourth-order valence-corrected chi connectivity index (χ4v) is 3.02. The van der Waals surface area contributed by atoms with Gasteiger partial charge in [-0.2, -0.15) is 13.2 Å². The van der Waals surface area contributed by atoms with Crippen molar-refractivity contribution in [2.75, 3.05) is 26.2 Å². The van der Waals surface area contributed by atoms with Crippen LogP contribution in [-0.4, -0.2) is 42.2 Å². The zero-order valence-corrected chi connectivity index (χ0v) is 17.0. The van der Waals surface area contributed by atoms with Gasteiger partial charge in [-0.15, -0.1) is 24.8 Å². The summed E-state index contributed by atoms with van der Waals surface area (Å²) in [6.07, 6.45) is -3.50. The molecular weight excluding hydrogens is 418 g/mol. The fraction of sp³-hybridized carbons (Fsp3) is 0.500. The molecule has 0 aliphatic carbocycles. The van der Waals surface area contributed by atoms with Crippen molar-refractivity contribution < 1.29 is 22.3 Å². The van der Waals surface area contributed by atoms with Gasteiger partial charge in [-0.3, -0.25) is 4.90 Å². The van der Waals surface area contributed by atoms with Gasteiger partial charge in [-0.25, -0.2) is 4.98 Å². The zero-order chi connectivity index (χ0) is 18.7. The number of aryl methyl sites for hydroxylation is 1. The van der Waals surface area contributed by atoms with E-state index in [9.17, 15) is 13.2 Å². The minimum Gasteiger partial charge on any atom is -0.441 e. The molecule has 10 heteroatoms. The topological polar surface area (TPSA) is 64.5 Å². The Hall–Kier alpha value is -1.32. The number of aromatic nitrogens is 1. The molecule has 1 aliphatic heterocycles. The largest absolute Gasteiger partial charge is 0.441 e. The van der Waals surface area contributed by atoms with E-state index in [1.54, 1.807) is 13.0 Å². The van der Waals surface area contributed by atoms with Gasteiger partial charge in [0, 0.05) is 25.2 Å². The zero-order valence-electron chi connectivity index (χ0n) is 15.4. The van der Waals surface area contributed by atoms with Gasteiger partial charge in [0.05, 0.1) is 24.0 Å². The molecule has 2 N–H and O–H groups in total. The second-order valence-corrected chi connectivity index (χ2v) is 6.41. The second-order valence-electron chi connectivity index (χ2n) is 6.41. The molecule has 1 saturated heterocycles. The molecule has 5 nitrogen and oxygen atoms in total. The molecular formula is C18H24Cl2F3N3O2. The maximum atomic E-state index is 12.9. The summed E-state index contributed by atoms with van der Waals surface area (Å²) in [6, 6.07) is 5.01. The van der Waals surface area contributed by atoms with E-state index < -0.39 is 11.7 Å². The Morgan fingerprint density at radius 1 is 1.29 bits per heavy atom. The molecule has 28 heavy (non-hydrogen) atoms. The second kappa shape index (κ2) is 10.5. The third kappa shape index (κ3) is 6.09. The van der Waals surface area contributed by atoms with Gasteiger partial charge in [-0.1, -0.05) is 6.07 Å². The first-order valence-corrected chi connectivity index (χ1v) is 8.55. The molecule has 158 valence electrons. The van der Waals surface area contributed by atoms with Crippen LogP contribution in [0.4, 0.5) is 13.2 Å². The van der Waals surface area contributed by atoms with Crippen LogP contribution in [0, 0.1) is 6.92 Å². The summed E-state index contributed by atoms with van der Waals surface area (Å²) in [5.41, 5.74) is 5.91. The van der Waals surface area contributed by atoms with Gasteiger partial charge < -0.3 is 14.9 Å². The van der Waals surface area contributed by atoms with Gasteiger partial charge in [-0.05, 0) is 38.1 Å².